The summed E-state index contributed by atoms with van der Waals surface area (Å²) in [5.74, 6) is 0.970. The zero-order chi connectivity index (χ0) is 16.6. The highest BCUT2D eigenvalue weighted by atomic mass is 35.5. The van der Waals surface area contributed by atoms with Crippen molar-refractivity contribution in [2.24, 2.45) is 0 Å². The van der Waals surface area contributed by atoms with E-state index in [4.69, 9.17) is 16.1 Å². The first-order valence-corrected chi connectivity index (χ1v) is 9.08. The van der Waals surface area contributed by atoms with Gasteiger partial charge in [-0.1, -0.05) is 16.8 Å². The van der Waals surface area contributed by atoms with Gasteiger partial charge in [-0.25, -0.2) is 13.4 Å². The van der Waals surface area contributed by atoms with Gasteiger partial charge >= 0.3 is 0 Å². The average Bonchev–Trinajstić information content (AvgIpc) is 3.07. The molecule has 7 nitrogen and oxygen atoms in total. The van der Waals surface area contributed by atoms with Gasteiger partial charge in [-0.3, -0.25) is 4.72 Å². The van der Waals surface area contributed by atoms with Crippen molar-refractivity contribution in [3.8, 4) is 10.7 Å². The van der Waals surface area contributed by atoms with Gasteiger partial charge < -0.3 is 4.52 Å². The fourth-order valence-corrected chi connectivity index (χ4v) is 4.51. The second-order valence-corrected chi connectivity index (χ2v) is 7.98. The number of pyridine rings is 1. The first kappa shape index (κ1) is 15.9. The largest absolute Gasteiger partial charge is 0.339 e. The summed E-state index contributed by atoms with van der Waals surface area (Å²) in [6.45, 7) is 3.38. The van der Waals surface area contributed by atoms with Crippen molar-refractivity contribution in [2.75, 3.05) is 4.72 Å². The molecule has 0 atom stereocenters. The Morgan fingerprint density at radius 1 is 1.30 bits per heavy atom. The molecule has 0 amide bonds. The van der Waals surface area contributed by atoms with E-state index in [2.05, 4.69) is 19.8 Å². The number of nitrogens with zero attached hydrogens (tertiary/aromatic N) is 3. The molecular weight excluding hydrogens is 360 g/mol. The van der Waals surface area contributed by atoms with Gasteiger partial charge in [-0.2, -0.15) is 4.98 Å². The number of halogens is 1. The van der Waals surface area contributed by atoms with Crippen LogP contribution in [0.25, 0.3) is 10.7 Å². The Kier molecular flexibility index (Phi) is 4.09. The summed E-state index contributed by atoms with van der Waals surface area (Å²) in [6, 6.07) is 4.56. The summed E-state index contributed by atoms with van der Waals surface area (Å²) in [4.78, 5) is 9.41. The molecule has 3 heterocycles. The van der Waals surface area contributed by atoms with Crippen LogP contribution in [0, 0.1) is 13.8 Å². The lowest BCUT2D eigenvalue weighted by Crippen LogP contribution is -2.13. The van der Waals surface area contributed by atoms with E-state index in [1.165, 1.54) is 29.7 Å². The number of anilines is 1. The zero-order valence-corrected chi connectivity index (χ0v) is 14.5. The second-order valence-electron chi connectivity index (χ2n) is 4.64. The van der Waals surface area contributed by atoms with Gasteiger partial charge in [0, 0.05) is 18.0 Å². The van der Waals surface area contributed by atoms with Crippen LogP contribution in [0.5, 0.6) is 0 Å². The molecule has 0 radical (unpaired) electrons. The smallest absolute Gasteiger partial charge is 0.264 e. The molecule has 0 saturated heterocycles. The van der Waals surface area contributed by atoms with E-state index in [0.29, 0.717) is 26.5 Å². The third kappa shape index (κ3) is 3.36. The van der Waals surface area contributed by atoms with Crippen molar-refractivity contribution < 1.29 is 12.9 Å². The van der Waals surface area contributed by atoms with Gasteiger partial charge in [-0.05, 0) is 25.1 Å². The SMILES string of the molecule is Cc1nc(-c2cc(S(=O)(=O)Nc3ccc(Cl)cn3)c(C)s2)no1. The first-order valence-electron chi connectivity index (χ1n) is 6.40. The maximum Gasteiger partial charge on any atom is 0.264 e. The standard InChI is InChI=1S/C13H11ClN4O3S2/c1-7-11(5-10(22-7)13-16-8(2)21-17-13)23(19,20)18-12-4-3-9(14)6-15-12/h3-6H,1-2H3,(H,15,18). The van der Waals surface area contributed by atoms with Crippen LogP contribution in [0.4, 0.5) is 5.82 Å². The Morgan fingerprint density at radius 2 is 2.09 bits per heavy atom. The van der Waals surface area contributed by atoms with Crippen molar-refractivity contribution in [3.63, 3.8) is 0 Å². The van der Waals surface area contributed by atoms with Gasteiger partial charge in [0.05, 0.1) is 9.90 Å². The highest BCUT2D eigenvalue weighted by molar-refractivity contribution is 7.93. The second kappa shape index (κ2) is 5.91. The highest BCUT2D eigenvalue weighted by Crippen LogP contribution is 2.32. The van der Waals surface area contributed by atoms with Gasteiger partial charge in [0.15, 0.2) is 0 Å². The van der Waals surface area contributed by atoms with Crippen molar-refractivity contribution in [3.05, 3.63) is 40.2 Å². The summed E-state index contributed by atoms with van der Waals surface area (Å²) in [5, 5.41) is 4.22. The van der Waals surface area contributed by atoms with Crippen molar-refractivity contribution in [1.29, 1.82) is 0 Å². The number of rotatable bonds is 4. The number of aromatic nitrogens is 3. The molecule has 1 N–H and O–H groups in total. The number of sulfonamides is 1. The predicted octanol–water partition coefficient (Wildman–Crippen LogP) is 3.26. The molecule has 0 aliphatic carbocycles. The monoisotopic (exact) mass is 370 g/mol. The van der Waals surface area contributed by atoms with E-state index in [1.807, 2.05) is 0 Å². The average molecular weight is 371 g/mol. The summed E-state index contributed by atoms with van der Waals surface area (Å²) in [5.41, 5.74) is 0. The molecule has 0 aliphatic heterocycles. The number of aryl methyl sites for hydroxylation is 2. The lowest BCUT2D eigenvalue weighted by molar-refractivity contribution is 0.394. The Hall–Kier alpha value is -1.97. The van der Waals surface area contributed by atoms with E-state index in [9.17, 15) is 8.42 Å². The van der Waals surface area contributed by atoms with Crippen LogP contribution in [-0.2, 0) is 10.0 Å². The maximum atomic E-state index is 12.5. The Morgan fingerprint density at radius 3 is 2.70 bits per heavy atom. The molecule has 0 saturated carbocycles. The normalized spacial score (nSPS) is 11.6. The summed E-state index contributed by atoms with van der Waals surface area (Å²) in [7, 11) is -3.77. The number of hydrogen-bond donors (Lipinski definition) is 1. The Labute approximate surface area is 141 Å². The minimum atomic E-state index is -3.77. The topological polar surface area (TPSA) is 98.0 Å². The van der Waals surface area contributed by atoms with Crippen LogP contribution in [0.1, 0.15) is 10.8 Å². The van der Waals surface area contributed by atoms with Crippen LogP contribution in [0.3, 0.4) is 0 Å². The molecule has 120 valence electrons. The van der Waals surface area contributed by atoms with Crippen LogP contribution < -0.4 is 4.72 Å². The van der Waals surface area contributed by atoms with Crippen molar-refractivity contribution >= 4 is 38.8 Å². The number of nitrogens with one attached hydrogen (secondary N) is 1. The predicted molar refractivity (Wildman–Crippen MR) is 87.1 cm³/mol. The Bertz CT molecular complexity index is 948. The quantitative estimate of drug-likeness (QED) is 0.756. The molecule has 0 bridgehead atoms. The summed E-state index contributed by atoms with van der Waals surface area (Å²) in [6.07, 6.45) is 1.37. The van der Waals surface area contributed by atoms with Crippen molar-refractivity contribution in [1.82, 2.24) is 15.1 Å². The van der Waals surface area contributed by atoms with Crippen molar-refractivity contribution in [2.45, 2.75) is 18.7 Å². The fraction of sp³-hybridized carbons (Fsp3) is 0.154. The van der Waals surface area contributed by atoms with Crippen LogP contribution in [0.2, 0.25) is 5.02 Å². The van der Waals surface area contributed by atoms with Gasteiger partial charge in [0.1, 0.15) is 10.7 Å². The summed E-state index contributed by atoms with van der Waals surface area (Å²) >= 11 is 7.01. The Balaban J connectivity index is 1.94. The third-order valence-electron chi connectivity index (χ3n) is 2.88. The first-order chi connectivity index (χ1) is 10.8. The number of hydrogen-bond acceptors (Lipinski definition) is 7. The minimum Gasteiger partial charge on any atom is -0.339 e. The van der Waals surface area contributed by atoms with Gasteiger partial charge in [-0.15, -0.1) is 11.3 Å². The van der Waals surface area contributed by atoms with E-state index >= 15 is 0 Å². The lowest BCUT2D eigenvalue weighted by atomic mass is 10.4. The van der Waals surface area contributed by atoms with Crippen LogP contribution >= 0.6 is 22.9 Å². The lowest BCUT2D eigenvalue weighted by Gasteiger charge is -2.06. The molecule has 3 aromatic rings. The zero-order valence-electron chi connectivity index (χ0n) is 12.1. The van der Waals surface area contributed by atoms with E-state index in [0.717, 1.165) is 0 Å². The molecule has 0 aliphatic rings. The fourth-order valence-electron chi connectivity index (χ4n) is 1.87. The van der Waals surface area contributed by atoms with Crippen LogP contribution in [-0.4, -0.2) is 23.5 Å². The maximum absolute atomic E-state index is 12.5. The molecule has 3 aromatic heterocycles. The molecule has 0 unspecified atom stereocenters. The van der Waals surface area contributed by atoms with E-state index in [-0.39, 0.29) is 10.7 Å². The van der Waals surface area contributed by atoms with Gasteiger partial charge in [0.25, 0.3) is 10.0 Å². The molecular formula is C13H11ClN4O3S2. The minimum absolute atomic E-state index is 0.150. The number of thiophene rings is 1. The molecule has 0 spiro atoms. The molecule has 3 rings (SSSR count). The van der Waals surface area contributed by atoms with E-state index < -0.39 is 10.0 Å². The highest BCUT2D eigenvalue weighted by Gasteiger charge is 2.22. The molecule has 23 heavy (non-hydrogen) atoms. The molecule has 0 aromatic carbocycles. The van der Waals surface area contributed by atoms with Gasteiger partial charge in [0.2, 0.25) is 11.7 Å². The molecule has 10 heteroatoms. The third-order valence-corrected chi connectivity index (χ3v) is 5.76. The van der Waals surface area contributed by atoms with E-state index in [1.54, 1.807) is 19.9 Å². The molecule has 0 fully saturated rings. The summed E-state index contributed by atoms with van der Waals surface area (Å²) < 4.78 is 32.4. The van der Waals surface area contributed by atoms with Crippen LogP contribution in [0.15, 0.2) is 33.8 Å².